The molecular weight excluding hydrogens is 222 g/mol. The molecule has 0 spiro atoms. The van der Waals surface area contributed by atoms with E-state index >= 15 is 0 Å². The lowest BCUT2D eigenvalue weighted by Crippen LogP contribution is -2.03. The van der Waals surface area contributed by atoms with Crippen molar-refractivity contribution in [2.45, 2.75) is 13.2 Å². The van der Waals surface area contributed by atoms with Crippen molar-refractivity contribution in [2.24, 2.45) is 0 Å². The molecule has 0 aliphatic rings. The molecular formula is C11H11N3O3. The Balaban J connectivity index is 2.26. The van der Waals surface area contributed by atoms with Crippen LogP contribution < -0.4 is 0 Å². The first-order valence-corrected chi connectivity index (χ1v) is 5.05. The highest BCUT2D eigenvalue weighted by Crippen LogP contribution is 2.18. The molecule has 17 heavy (non-hydrogen) atoms. The van der Waals surface area contributed by atoms with Crippen LogP contribution in [0.4, 0.5) is 5.69 Å². The Bertz CT molecular complexity index is 536. The topological polar surface area (TPSA) is 81.2 Å². The van der Waals surface area contributed by atoms with Crippen LogP contribution in [0.5, 0.6) is 0 Å². The van der Waals surface area contributed by atoms with Gasteiger partial charge in [0.2, 0.25) is 0 Å². The van der Waals surface area contributed by atoms with Gasteiger partial charge in [-0.15, -0.1) is 0 Å². The molecule has 2 aromatic rings. The molecule has 0 fully saturated rings. The Morgan fingerprint density at radius 1 is 1.41 bits per heavy atom. The summed E-state index contributed by atoms with van der Waals surface area (Å²) in [5.41, 5.74) is 1.35. The third-order valence-electron chi connectivity index (χ3n) is 2.39. The summed E-state index contributed by atoms with van der Waals surface area (Å²) in [6, 6.07) is 6.53. The molecule has 0 saturated carbocycles. The number of nitro groups is 1. The van der Waals surface area contributed by atoms with Crippen LogP contribution >= 0.6 is 0 Å². The third kappa shape index (κ3) is 2.48. The van der Waals surface area contributed by atoms with Crippen molar-refractivity contribution >= 4 is 5.69 Å². The average Bonchev–Trinajstić information content (AvgIpc) is 2.77. The van der Waals surface area contributed by atoms with E-state index in [-0.39, 0.29) is 12.3 Å². The minimum Gasteiger partial charge on any atom is -0.392 e. The van der Waals surface area contributed by atoms with Crippen LogP contribution in [0.3, 0.4) is 0 Å². The fraction of sp³-hybridized carbons (Fsp3) is 0.182. The Kier molecular flexibility index (Phi) is 3.15. The van der Waals surface area contributed by atoms with Crippen LogP contribution in [-0.4, -0.2) is 19.8 Å². The largest absolute Gasteiger partial charge is 0.392 e. The van der Waals surface area contributed by atoms with E-state index in [1.165, 1.54) is 12.3 Å². The highest BCUT2D eigenvalue weighted by atomic mass is 16.6. The van der Waals surface area contributed by atoms with Crippen LogP contribution in [0.2, 0.25) is 0 Å². The van der Waals surface area contributed by atoms with Crippen LogP contribution in [0.15, 0.2) is 36.7 Å². The Morgan fingerprint density at radius 3 is 2.82 bits per heavy atom. The van der Waals surface area contributed by atoms with Gasteiger partial charge < -0.3 is 5.11 Å². The zero-order valence-corrected chi connectivity index (χ0v) is 8.98. The number of aliphatic hydroxyl groups excluding tert-OH is 1. The zero-order chi connectivity index (χ0) is 12.3. The molecule has 0 radical (unpaired) electrons. The van der Waals surface area contributed by atoms with Gasteiger partial charge in [0.25, 0.3) is 5.69 Å². The molecule has 88 valence electrons. The standard InChI is InChI=1S/C11H11N3O3/c15-8-9-5-12-13(6-9)7-10-3-1-2-4-11(10)14(16)17/h1-6,15H,7-8H2. The number of para-hydroxylation sites is 1. The molecule has 0 bridgehead atoms. The van der Waals surface area contributed by atoms with E-state index in [2.05, 4.69) is 5.10 Å². The number of nitrogens with zero attached hydrogens (tertiary/aromatic N) is 3. The lowest BCUT2D eigenvalue weighted by Gasteiger charge is -2.02. The molecule has 0 aliphatic heterocycles. The van der Waals surface area contributed by atoms with Crippen molar-refractivity contribution in [3.63, 3.8) is 0 Å². The first-order valence-electron chi connectivity index (χ1n) is 5.05. The Morgan fingerprint density at radius 2 is 2.18 bits per heavy atom. The number of hydrogen-bond acceptors (Lipinski definition) is 4. The van der Waals surface area contributed by atoms with Gasteiger partial charge in [-0.3, -0.25) is 14.8 Å². The normalized spacial score (nSPS) is 10.4. The Labute approximate surface area is 97.3 Å². The number of aliphatic hydroxyl groups is 1. The highest BCUT2D eigenvalue weighted by molar-refractivity contribution is 5.39. The smallest absolute Gasteiger partial charge is 0.274 e. The SMILES string of the molecule is O=[N+]([O-])c1ccccc1Cn1cc(CO)cn1. The summed E-state index contributed by atoms with van der Waals surface area (Å²) in [5.74, 6) is 0. The maximum absolute atomic E-state index is 10.8. The van der Waals surface area contributed by atoms with Crippen molar-refractivity contribution in [1.29, 1.82) is 0 Å². The van der Waals surface area contributed by atoms with Crippen molar-refractivity contribution in [2.75, 3.05) is 0 Å². The van der Waals surface area contributed by atoms with Crippen LogP contribution in [0.1, 0.15) is 11.1 Å². The van der Waals surface area contributed by atoms with Crippen LogP contribution in [0.25, 0.3) is 0 Å². The minimum atomic E-state index is -0.411. The maximum atomic E-state index is 10.8. The van der Waals surface area contributed by atoms with Gasteiger partial charge in [-0.25, -0.2) is 0 Å². The summed E-state index contributed by atoms with van der Waals surface area (Å²) in [6.45, 7) is 0.230. The van der Waals surface area contributed by atoms with Gasteiger partial charge in [-0.05, 0) is 0 Å². The summed E-state index contributed by atoms with van der Waals surface area (Å²) in [6.07, 6.45) is 3.20. The number of nitro benzene ring substituents is 1. The molecule has 0 aliphatic carbocycles. The lowest BCUT2D eigenvalue weighted by molar-refractivity contribution is -0.385. The molecule has 2 rings (SSSR count). The molecule has 6 nitrogen and oxygen atoms in total. The van der Waals surface area contributed by atoms with Crippen LogP contribution in [0, 0.1) is 10.1 Å². The quantitative estimate of drug-likeness (QED) is 0.638. The van der Waals surface area contributed by atoms with Gasteiger partial charge in [-0.2, -0.15) is 5.10 Å². The van der Waals surface area contributed by atoms with E-state index < -0.39 is 4.92 Å². The molecule has 0 unspecified atom stereocenters. The third-order valence-corrected chi connectivity index (χ3v) is 2.39. The van der Waals surface area contributed by atoms with Crippen molar-refractivity contribution in [3.8, 4) is 0 Å². The summed E-state index contributed by atoms with van der Waals surface area (Å²) in [7, 11) is 0. The van der Waals surface area contributed by atoms with Gasteiger partial charge in [0.05, 0.1) is 29.8 Å². The predicted octanol–water partition coefficient (Wildman–Crippen LogP) is 1.33. The molecule has 1 heterocycles. The van der Waals surface area contributed by atoms with E-state index in [1.807, 2.05) is 0 Å². The maximum Gasteiger partial charge on any atom is 0.274 e. The molecule has 6 heteroatoms. The second-order valence-corrected chi connectivity index (χ2v) is 3.59. The minimum absolute atomic E-state index is 0.0774. The van der Waals surface area contributed by atoms with E-state index in [0.29, 0.717) is 17.7 Å². The van der Waals surface area contributed by atoms with E-state index in [4.69, 9.17) is 5.11 Å². The number of rotatable bonds is 4. The molecule has 1 N–H and O–H groups in total. The van der Waals surface area contributed by atoms with Crippen LogP contribution in [-0.2, 0) is 13.2 Å². The van der Waals surface area contributed by atoms with Crippen molar-refractivity contribution in [3.05, 3.63) is 57.9 Å². The molecule has 1 aromatic heterocycles. The van der Waals surface area contributed by atoms with Gasteiger partial charge >= 0.3 is 0 Å². The fourth-order valence-corrected chi connectivity index (χ4v) is 1.57. The molecule has 1 aromatic carbocycles. The second kappa shape index (κ2) is 4.75. The van der Waals surface area contributed by atoms with Crippen molar-refractivity contribution < 1.29 is 10.0 Å². The highest BCUT2D eigenvalue weighted by Gasteiger charge is 2.12. The van der Waals surface area contributed by atoms with E-state index in [0.717, 1.165) is 0 Å². The molecule has 0 amide bonds. The fourth-order valence-electron chi connectivity index (χ4n) is 1.57. The van der Waals surface area contributed by atoms with Gasteiger partial charge in [0.15, 0.2) is 0 Å². The van der Waals surface area contributed by atoms with Gasteiger partial charge in [0.1, 0.15) is 0 Å². The summed E-state index contributed by atoms with van der Waals surface area (Å²) in [4.78, 5) is 10.4. The predicted molar refractivity (Wildman–Crippen MR) is 60.3 cm³/mol. The summed E-state index contributed by atoms with van der Waals surface area (Å²) < 4.78 is 1.56. The lowest BCUT2D eigenvalue weighted by atomic mass is 10.2. The monoisotopic (exact) mass is 233 g/mol. The van der Waals surface area contributed by atoms with E-state index in [9.17, 15) is 10.1 Å². The Hall–Kier alpha value is -2.21. The summed E-state index contributed by atoms with van der Waals surface area (Å²) >= 11 is 0. The van der Waals surface area contributed by atoms with Crippen molar-refractivity contribution in [1.82, 2.24) is 9.78 Å². The number of benzene rings is 1. The average molecular weight is 233 g/mol. The second-order valence-electron chi connectivity index (χ2n) is 3.59. The number of aromatic nitrogens is 2. The zero-order valence-electron chi connectivity index (χ0n) is 8.98. The summed E-state index contributed by atoms with van der Waals surface area (Å²) in [5, 5.41) is 23.7. The molecule has 0 saturated heterocycles. The van der Waals surface area contributed by atoms with Gasteiger partial charge in [0, 0.05) is 17.8 Å². The first-order chi connectivity index (χ1) is 8.20. The number of hydrogen-bond donors (Lipinski definition) is 1. The molecule has 0 atom stereocenters. The van der Waals surface area contributed by atoms with E-state index in [1.54, 1.807) is 29.1 Å². The van der Waals surface area contributed by atoms with Gasteiger partial charge in [-0.1, -0.05) is 18.2 Å². The first kappa shape index (κ1) is 11.3.